The molecule has 21 heavy (non-hydrogen) atoms. The Morgan fingerprint density at radius 1 is 1.19 bits per heavy atom. The molecular weight excluding hydrogens is 270 g/mol. The van der Waals surface area contributed by atoms with Crippen molar-refractivity contribution in [3.63, 3.8) is 0 Å². The van der Waals surface area contributed by atoms with E-state index in [9.17, 15) is 9.59 Å². The topological polar surface area (TPSA) is 64.6 Å². The number of carbonyl (C=O) groups is 2. The van der Waals surface area contributed by atoms with Gasteiger partial charge in [-0.15, -0.1) is 0 Å². The third-order valence-corrected chi connectivity index (χ3v) is 3.48. The van der Waals surface area contributed by atoms with Crippen molar-refractivity contribution in [2.45, 2.75) is 64.5 Å². The van der Waals surface area contributed by atoms with E-state index in [4.69, 9.17) is 4.74 Å². The lowest BCUT2D eigenvalue weighted by Gasteiger charge is -2.30. The highest BCUT2D eigenvalue weighted by Crippen LogP contribution is 2.27. The molecule has 1 amide bonds. The van der Waals surface area contributed by atoms with Crippen LogP contribution in [0.2, 0.25) is 0 Å². The molecule has 5 heteroatoms. The second kappa shape index (κ2) is 8.05. The molecule has 1 fully saturated rings. The molecule has 1 N–H and O–H groups in total. The Labute approximate surface area is 127 Å². The van der Waals surface area contributed by atoms with Gasteiger partial charge in [0.15, 0.2) is 0 Å². The zero-order valence-electron chi connectivity index (χ0n) is 13.5. The summed E-state index contributed by atoms with van der Waals surface area (Å²) in [5, 5.41) is 2.87. The van der Waals surface area contributed by atoms with Crippen molar-refractivity contribution in [3.05, 3.63) is 12.2 Å². The molecule has 1 saturated carbocycles. The van der Waals surface area contributed by atoms with E-state index in [-0.39, 0.29) is 6.04 Å². The number of rotatable bonds is 4. The van der Waals surface area contributed by atoms with Gasteiger partial charge in [0.25, 0.3) is 0 Å². The Hall–Kier alpha value is -1.52. The average Bonchev–Trinajstić information content (AvgIpc) is 2.42. The molecule has 0 radical (unpaired) electrons. The van der Waals surface area contributed by atoms with Gasteiger partial charge in [-0.25, -0.2) is 9.59 Å². The Kier molecular flexibility index (Phi) is 6.72. The molecule has 1 rings (SSSR count). The molecule has 0 saturated heterocycles. The van der Waals surface area contributed by atoms with Gasteiger partial charge in [-0.3, -0.25) is 0 Å². The summed E-state index contributed by atoms with van der Waals surface area (Å²) in [4.78, 5) is 23.2. The minimum absolute atomic E-state index is 0.195. The molecule has 0 spiro atoms. The van der Waals surface area contributed by atoms with Crippen molar-refractivity contribution in [1.82, 2.24) is 5.32 Å². The van der Waals surface area contributed by atoms with Gasteiger partial charge in [0.1, 0.15) is 5.60 Å². The highest BCUT2D eigenvalue weighted by Gasteiger charge is 2.25. The summed E-state index contributed by atoms with van der Waals surface area (Å²) in [5.41, 5.74) is -0.534. The molecule has 1 atom stereocenters. The average molecular weight is 297 g/mol. The van der Waals surface area contributed by atoms with Gasteiger partial charge >= 0.3 is 12.1 Å². The Morgan fingerprint density at radius 2 is 1.81 bits per heavy atom. The van der Waals surface area contributed by atoms with Crippen molar-refractivity contribution in [1.29, 1.82) is 0 Å². The summed E-state index contributed by atoms with van der Waals surface area (Å²) in [6, 6.07) is -0.195. The van der Waals surface area contributed by atoms with E-state index in [0.29, 0.717) is 5.92 Å². The lowest BCUT2D eigenvalue weighted by atomic mass is 9.84. The maximum Gasteiger partial charge on any atom is 0.408 e. The zero-order chi connectivity index (χ0) is 15.9. The molecular formula is C16H27NO4. The van der Waals surface area contributed by atoms with E-state index >= 15 is 0 Å². The van der Waals surface area contributed by atoms with Crippen molar-refractivity contribution >= 4 is 12.1 Å². The number of nitrogens with one attached hydrogen (secondary N) is 1. The normalized spacial score (nSPS) is 18.3. The van der Waals surface area contributed by atoms with Gasteiger partial charge < -0.3 is 14.8 Å². The maximum absolute atomic E-state index is 11.9. The third-order valence-electron chi connectivity index (χ3n) is 3.48. The predicted octanol–water partition coefficient (Wildman–Crippen LogP) is 3.19. The van der Waals surface area contributed by atoms with Gasteiger partial charge in [0.05, 0.1) is 13.2 Å². The van der Waals surface area contributed by atoms with Crippen LogP contribution < -0.4 is 5.32 Å². The van der Waals surface area contributed by atoms with Gasteiger partial charge in [0.2, 0.25) is 0 Å². The van der Waals surface area contributed by atoms with E-state index in [1.54, 1.807) is 6.08 Å². The standard InChI is InChI=1S/C16H27NO4/c1-16(2,3)21-15(19)17-13(10-11-14(18)20-4)12-8-6-5-7-9-12/h10-13H,5-9H2,1-4H3,(H,17,19)/b11-10+. The largest absolute Gasteiger partial charge is 0.466 e. The zero-order valence-corrected chi connectivity index (χ0v) is 13.5. The first-order valence-electron chi connectivity index (χ1n) is 7.57. The fourth-order valence-electron chi connectivity index (χ4n) is 2.51. The maximum atomic E-state index is 11.9. The van der Waals surface area contributed by atoms with Crippen molar-refractivity contribution < 1.29 is 19.1 Å². The summed E-state index contributed by atoms with van der Waals surface area (Å²) < 4.78 is 9.90. The van der Waals surface area contributed by atoms with Crippen molar-refractivity contribution in [3.8, 4) is 0 Å². The highest BCUT2D eigenvalue weighted by atomic mass is 16.6. The smallest absolute Gasteiger partial charge is 0.408 e. The van der Waals surface area contributed by atoms with E-state index in [1.165, 1.54) is 19.6 Å². The monoisotopic (exact) mass is 297 g/mol. The lowest BCUT2D eigenvalue weighted by molar-refractivity contribution is -0.134. The molecule has 1 unspecified atom stereocenters. The van der Waals surface area contributed by atoms with Crippen LogP contribution in [0.5, 0.6) is 0 Å². The van der Waals surface area contributed by atoms with Crippen LogP contribution in [0.15, 0.2) is 12.2 Å². The summed E-state index contributed by atoms with van der Waals surface area (Å²) in [5.74, 6) is -0.0750. The first-order chi connectivity index (χ1) is 9.81. The number of methoxy groups -OCH3 is 1. The fraction of sp³-hybridized carbons (Fsp3) is 0.750. The Morgan fingerprint density at radius 3 is 2.33 bits per heavy atom. The van der Waals surface area contributed by atoms with Gasteiger partial charge in [-0.1, -0.05) is 25.3 Å². The van der Waals surface area contributed by atoms with Gasteiger partial charge in [0, 0.05) is 6.08 Å². The van der Waals surface area contributed by atoms with E-state index in [1.807, 2.05) is 20.8 Å². The predicted molar refractivity (Wildman–Crippen MR) is 80.9 cm³/mol. The first-order valence-corrected chi connectivity index (χ1v) is 7.57. The van der Waals surface area contributed by atoms with Crippen LogP contribution >= 0.6 is 0 Å². The number of alkyl carbamates (subject to hydrolysis) is 1. The van der Waals surface area contributed by atoms with Crippen LogP contribution in [0, 0.1) is 5.92 Å². The SMILES string of the molecule is COC(=O)/C=C/C(NC(=O)OC(C)(C)C)C1CCCCC1. The Bertz CT molecular complexity index is 378. The highest BCUT2D eigenvalue weighted by molar-refractivity contribution is 5.82. The molecule has 1 aliphatic rings. The number of ether oxygens (including phenoxy) is 2. The van der Waals surface area contributed by atoms with Gasteiger partial charge in [-0.05, 0) is 39.5 Å². The van der Waals surface area contributed by atoms with Crippen LogP contribution in [0.25, 0.3) is 0 Å². The second-order valence-electron chi connectivity index (χ2n) is 6.45. The lowest BCUT2D eigenvalue weighted by Crippen LogP contribution is -2.42. The number of esters is 1. The molecule has 0 aromatic rings. The molecule has 0 aromatic carbocycles. The molecule has 5 nitrogen and oxygen atoms in total. The van der Waals surface area contributed by atoms with E-state index in [2.05, 4.69) is 10.1 Å². The van der Waals surface area contributed by atoms with E-state index in [0.717, 1.165) is 25.7 Å². The quantitative estimate of drug-likeness (QED) is 0.639. The van der Waals surface area contributed by atoms with Crippen LogP contribution in [0.1, 0.15) is 52.9 Å². The Balaban J connectivity index is 2.68. The minimum Gasteiger partial charge on any atom is -0.466 e. The van der Waals surface area contributed by atoms with Crippen molar-refractivity contribution in [2.24, 2.45) is 5.92 Å². The summed E-state index contributed by atoms with van der Waals surface area (Å²) in [6.45, 7) is 5.48. The summed E-state index contributed by atoms with van der Waals surface area (Å²) in [7, 11) is 1.34. The minimum atomic E-state index is -0.534. The first kappa shape index (κ1) is 17.5. The number of hydrogen-bond donors (Lipinski definition) is 1. The summed E-state index contributed by atoms with van der Waals surface area (Å²) >= 11 is 0. The molecule has 0 heterocycles. The second-order valence-corrected chi connectivity index (χ2v) is 6.45. The summed E-state index contributed by atoms with van der Waals surface area (Å²) in [6.07, 6.45) is 8.27. The molecule has 120 valence electrons. The van der Waals surface area contributed by atoms with Crippen LogP contribution in [-0.2, 0) is 14.3 Å². The third kappa shape index (κ3) is 7.16. The van der Waals surface area contributed by atoms with Gasteiger partial charge in [-0.2, -0.15) is 0 Å². The van der Waals surface area contributed by atoms with Crippen LogP contribution in [0.3, 0.4) is 0 Å². The fourth-order valence-corrected chi connectivity index (χ4v) is 2.51. The number of amides is 1. The number of carbonyl (C=O) groups excluding carboxylic acids is 2. The van der Waals surface area contributed by atoms with Crippen molar-refractivity contribution in [2.75, 3.05) is 7.11 Å². The molecule has 0 aromatic heterocycles. The number of hydrogen-bond acceptors (Lipinski definition) is 4. The van der Waals surface area contributed by atoms with Crippen LogP contribution in [0.4, 0.5) is 4.79 Å². The molecule has 0 bridgehead atoms. The van der Waals surface area contributed by atoms with E-state index < -0.39 is 17.7 Å². The molecule has 1 aliphatic carbocycles. The molecule has 0 aliphatic heterocycles. The van der Waals surface area contributed by atoms with Crippen LogP contribution in [-0.4, -0.2) is 30.8 Å².